The Morgan fingerprint density at radius 2 is 1.92 bits per heavy atom. The van der Waals surface area contributed by atoms with Gasteiger partial charge >= 0.3 is 0 Å². The van der Waals surface area contributed by atoms with E-state index in [0.717, 1.165) is 24.1 Å². The van der Waals surface area contributed by atoms with Crippen molar-refractivity contribution in [1.82, 2.24) is 9.46 Å². The van der Waals surface area contributed by atoms with Crippen LogP contribution in [0.4, 0.5) is 5.69 Å². The van der Waals surface area contributed by atoms with E-state index in [2.05, 4.69) is 29.2 Å². The minimum absolute atomic E-state index is 0.0888. The first-order valence-electron chi connectivity index (χ1n) is 8.13. The molecular formula is C17H23N3O3S. The van der Waals surface area contributed by atoms with Gasteiger partial charge in [-0.3, -0.25) is 0 Å². The number of hydrogen-bond acceptors (Lipinski definition) is 5. The van der Waals surface area contributed by atoms with Gasteiger partial charge < -0.3 is 9.42 Å². The van der Waals surface area contributed by atoms with Crippen LogP contribution in [0.5, 0.6) is 0 Å². The number of nitrogens with zero attached hydrogens (tertiary/aromatic N) is 3. The van der Waals surface area contributed by atoms with E-state index in [1.165, 1.54) is 6.26 Å². The third kappa shape index (κ3) is 3.62. The Bertz CT molecular complexity index is 765. The van der Waals surface area contributed by atoms with Gasteiger partial charge in [-0.25, -0.2) is 12.7 Å². The predicted molar refractivity (Wildman–Crippen MR) is 93.3 cm³/mol. The van der Waals surface area contributed by atoms with Crippen molar-refractivity contribution in [3.63, 3.8) is 0 Å². The maximum Gasteiger partial charge on any atom is 0.219 e. The molecule has 0 amide bonds. The number of aromatic nitrogens is 1. The Hall–Kier alpha value is -1.86. The van der Waals surface area contributed by atoms with Crippen LogP contribution in [0.25, 0.3) is 0 Å². The first-order valence-corrected chi connectivity index (χ1v) is 9.74. The predicted octanol–water partition coefficient (Wildman–Crippen LogP) is 2.41. The maximum absolute atomic E-state index is 12.6. The Morgan fingerprint density at radius 1 is 1.25 bits per heavy atom. The molecule has 2 heterocycles. The molecule has 1 aliphatic heterocycles. The van der Waals surface area contributed by atoms with Crippen LogP contribution in [0.1, 0.15) is 24.1 Å². The summed E-state index contributed by atoms with van der Waals surface area (Å²) in [4.78, 5) is 2.24. The number of aryl methyl sites for hydroxylation is 1. The second-order valence-electron chi connectivity index (χ2n) is 6.28. The molecular weight excluding hydrogens is 326 g/mol. The molecule has 0 N–H and O–H groups in total. The highest BCUT2D eigenvalue weighted by Gasteiger charge is 2.30. The summed E-state index contributed by atoms with van der Waals surface area (Å²) in [5, 5.41) is 3.79. The summed E-state index contributed by atoms with van der Waals surface area (Å²) in [5.41, 5.74) is 2.44. The van der Waals surface area contributed by atoms with E-state index < -0.39 is 10.0 Å². The largest absolute Gasteiger partial charge is 0.372 e. The monoisotopic (exact) mass is 349 g/mol. The number of sulfonamides is 1. The molecule has 2 aromatic rings. The van der Waals surface area contributed by atoms with Crippen molar-refractivity contribution in [2.45, 2.75) is 31.6 Å². The molecule has 130 valence electrons. The van der Waals surface area contributed by atoms with Gasteiger partial charge in [-0.15, -0.1) is 0 Å². The summed E-state index contributed by atoms with van der Waals surface area (Å²) in [5.74, 6) is -0.0888. The standard InChI is InChI=1S/C17H23N3O3S/c1-14-12-23-18-17(14)13-24(21,22)20-10-8-16(9-11-20)19(2)15-6-4-3-5-7-15/h3-7,12,16H,8-11,13H2,1-2H3. The topological polar surface area (TPSA) is 66.7 Å². The van der Waals surface area contributed by atoms with Crippen LogP contribution in [0.3, 0.4) is 0 Å². The summed E-state index contributed by atoms with van der Waals surface area (Å²) in [6.07, 6.45) is 3.12. The zero-order chi connectivity index (χ0) is 17.2. The maximum atomic E-state index is 12.6. The summed E-state index contributed by atoms with van der Waals surface area (Å²) < 4.78 is 31.6. The molecule has 0 bridgehead atoms. The van der Waals surface area contributed by atoms with Gasteiger partial charge in [0.2, 0.25) is 10.0 Å². The number of benzene rings is 1. The molecule has 24 heavy (non-hydrogen) atoms. The van der Waals surface area contributed by atoms with E-state index >= 15 is 0 Å². The summed E-state index contributed by atoms with van der Waals surface area (Å²) in [6, 6.07) is 10.6. The SMILES string of the molecule is Cc1conc1CS(=O)(=O)N1CCC(N(C)c2ccccc2)CC1. The van der Waals surface area contributed by atoms with Gasteiger partial charge in [0.05, 0.1) is 0 Å². The lowest BCUT2D eigenvalue weighted by molar-refractivity contribution is 0.314. The second-order valence-corrected chi connectivity index (χ2v) is 8.25. The molecule has 0 aliphatic carbocycles. The van der Waals surface area contributed by atoms with Crippen LogP contribution in [0, 0.1) is 6.92 Å². The average Bonchev–Trinajstić information content (AvgIpc) is 2.99. The highest BCUT2D eigenvalue weighted by atomic mass is 32.2. The van der Waals surface area contributed by atoms with E-state index in [1.54, 1.807) is 4.31 Å². The van der Waals surface area contributed by atoms with Gasteiger partial charge in [0.15, 0.2) is 0 Å². The molecule has 0 spiro atoms. The first kappa shape index (κ1) is 17.0. The quantitative estimate of drug-likeness (QED) is 0.829. The first-order chi connectivity index (χ1) is 11.5. The lowest BCUT2D eigenvalue weighted by Crippen LogP contribution is -2.46. The van der Waals surface area contributed by atoms with Gasteiger partial charge in [0.25, 0.3) is 0 Å². The number of rotatable bonds is 5. The molecule has 0 radical (unpaired) electrons. The summed E-state index contributed by atoms with van der Waals surface area (Å²) in [7, 11) is -1.28. The minimum Gasteiger partial charge on any atom is -0.372 e. The molecule has 1 aliphatic rings. The fourth-order valence-corrected chi connectivity index (χ4v) is 4.67. The van der Waals surface area contributed by atoms with Crippen molar-refractivity contribution in [2.24, 2.45) is 0 Å². The molecule has 0 unspecified atom stereocenters. The molecule has 1 saturated heterocycles. The lowest BCUT2D eigenvalue weighted by Gasteiger charge is -2.37. The van der Waals surface area contributed by atoms with Crippen LogP contribution >= 0.6 is 0 Å². The van der Waals surface area contributed by atoms with Crippen molar-refractivity contribution >= 4 is 15.7 Å². The highest BCUT2D eigenvalue weighted by Crippen LogP contribution is 2.24. The Kier molecular flexibility index (Phi) is 4.91. The molecule has 0 saturated carbocycles. The van der Waals surface area contributed by atoms with Crippen molar-refractivity contribution in [2.75, 3.05) is 25.0 Å². The highest BCUT2D eigenvalue weighted by molar-refractivity contribution is 7.88. The van der Waals surface area contributed by atoms with Crippen molar-refractivity contribution in [3.8, 4) is 0 Å². The Morgan fingerprint density at radius 3 is 2.50 bits per heavy atom. The third-order valence-corrected chi connectivity index (χ3v) is 6.48. The normalized spacial score (nSPS) is 17.1. The van der Waals surface area contributed by atoms with E-state index in [1.807, 2.05) is 25.1 Å². The van der Waals surface area contributed by atoms with E-state index in [4.69, 9.17) is 4.52 Å². The van der Waals surface area contributed by atoms with Gasteiger partial charge in [0, 0.05) is 37.4 Å². The van der Waals surface area contributed by atoms with Crippen LogP contribution in [-0.4, -0.2) is 44.1 Å². The van der Waals surface area contributed by atoms with Crippen molar-refractivity contribution < 1.29 is 12.9 Å². The average molecular weight is 349 g/mol. The molecule has 7 heteroatoms. The van der Waals surface area contributed by atoms with Gasteiger partial charge in [-0.1, -0.05) is 23.4 Å². The number of piperidine rings is 1. The number of para-hydroxylation sites is 1. The molecule has 1 fully saturated rings. The number of hydrogen-bond donors (Lipinski definition) is 0. The van der Waals surface area contributed by atoms with Crippen molar-refractivity contribution in [1.29, 1.82) is 0 Å². The zero-order valence-electron chi connectivity index (χ0n) is 14.1. The molecule has 6 nitrogen and oxygen atoms in total. The van der Waals surface area contributed by atoms with Crippen LogP contribution < -0.4 is 4.90 Å². The van der Waals surface area contributed by atoms with Gasteiger partial charge in [0.1, 0.15) is 17.7 Å². The van der Waals surface area contributed by atoms with Crippen LogP contribution in [-0.2, 0) is 15.8 Å². The van der Waals surface area contributed by atoms with E-state index in [0.29, 0.717) is 24.8 Å². The van der Waals surface area contributed by atoms with E-state index in [-0.39, 0.29) is 5.75 Å². The molecule has 1 aromatic carbocycles. The van der Waals surface area contributed by atoms with E-state index in [9.17, 15) is 8.42 Å². The third-order valence-electron chi connectivity index (χ3n) is 4.69. The zero-order valence-corrected chi connectivity index (χ0v) is 14.9. The van der Waals surface area contributed by atoms with Crippen molar-refractivity contribution in [3.05, 3.63) is 47.9 Å². The summed E-state index contributed by atoms with van der Waals surface area (Å²) in [6.45, 7) is 2.89. The summed E-state index contributed by atoms with van der Waals surface area (Å²) >= 11 is 0. The van der Waals surface area contributed by atoms with Gasteiger partial charge in [-0.05, 0) is 31.9 Å². The second kappa shape index (κ2) is 6.94. The molecule has 3 rings (SSSR count). The molecule has 1 aromatic heterocycles. The Balaban J connectivity index is 1.61. The Labute approximate surface area is 143 Å². The number of anilines is 1. The fourth-order valence-electron chi connectivity index (χ4n) is 3.09. The smallest absolute Gasteiger partial charge is 0.219 e. The lowest BCUT2D eigenvalue weighted by atomic mass is 10.0. The van der Waals surface area contributed by atoms with Gasteiger partial charge in [-0.2, -0.15) is 0 Å². The minimum atomic E-state index is -3.35. The fraction of sp³-hybridized carbons (Fsp3) is 0.471. The molecule has 0 atom stereocenters. The van der Waals surface area contributed by atoms with Crippen LogP contribution in [0.2, 0.25) is 0 Å². The van der Waals surface area contributed by atoms with Crippen LogP contribution in [0.15, 0.2) is 41.1 Å².